The summed E-state index contributed by atoms with van der Waals surface area (Å²) in [4.78, 5) is 0. The van der Waals surface area contributed by atoms with Crippen LogP contribution in [-0.4, -0.2) is 42.5 Å². The van der Waals surface area contributed by atoms with E-state index in [2.05, 4.69) is 19.2 Å². The summed E-state index contributed by atoms with van der Waals surface area (Å²) in [6.07, 6.45) is 3.86. The van der Waals surface area contributed by atoms with Gasteiger partial charge in [0.05, 0.1) is 6.61 Å². The molecule has 0 fully saturated rings. The molecule has 0 saturated heterocycles. The highest BCUT2D eigenvalue weighted by Gasteiger charge is 1.94. The molecule has 0 aromatic carbocycles. The minimum Gasteiger partial charge on any atom is -0.380 e. The van der Waals surface area contributed by atoms with Gasteiger partial charge in [0, 0.05) is 36.0 Å². The molecule has 0 aromatic heterocycles. The van der Waals surface area contributed by atoms with Crippen LogP contribution in [-0.2, 0) is 15.5 Å². The fraction of sp³-hybridized carbons (Fsp3) is 1.00. The van der Waals surface area contributed by atoms with Gasteiger partial charge in [-0.05, 0) is 25.3 Å². The zero-order valence-corrected chi connectivity index (χ0v) is 11.1. The maximum absolute atomic E-state index is 10.7. The van der Waals surface area contributed by atoms with Crippen molar-refractivity contribution < 1.29 is 8.95 Å². The maximum atomic E-state index is 10.7. The van der Waals surface area contributed by atoms with Gasteiger partial charge in [-0.2, -0.15) is 0 Å². The van der Waals surface area contributed by atoms with Crippen molar-refractivity contribution in [1.29, 1.82) is 0 Å². The van der Waals surface area contributed by atoms with Crippen LogP contribution in [0.5, 0.6) is 0 Å². The second-order valence-corrected chi connectivity index (χ2v) is 5.73. The zero-order chi connectivity index (χ0) is 11.5. The molecule has 0 saturated carbocycles. The van der Waals surface area contributed by atoms with Gasteiger partial charge in [-0.25, -0.2) is 0 Å². The second-order valence-electron chi connectivity index (χ2n) is 4.18. The molecule has 0 amide bonds. The van der Waals surface area contributed by atoms with E-state index in [1.807, 2.05) is 0 Å². The molecule has 3 nitrogen and oxygen atoms in total. The monoisotopic (exact) mass is 235 g/mol. The smallest absolute Gasteiger partial charge is 0.0590 e. The second kappa shape index (κ2) is 10.6. The Balaban J connectivity index is 2.96. The fourth-order valence-electron chi connectivity index (χ4n) is 1.09. The fourth-order valence-corrected chi connectivity index (χ4v) is 1.64. The lowest BCUT2D eigenvalue weighted by atomic mass is 10.1. The van der Waals surface area contributed by atoms with Crippen LogP contribution in [0.3, 0.4) is 0 Å². The Morgan fingerprint density at radius 1 is 1.27 bits per heavy atom. The molecule has 15 heavy (non-hydrogen) atoms. The highest BCUT2D eigenvalue weighted by molar-refractivity contribution is 7.84. The molecule has 0 heterocycles. The van der Waals surface area contributed by atoms with Crippen LogP contribution in [0.4, 0.5) is 0 Å². The first-order chi connectivity index (χ1) is 7.13. The van der Waals surface area contributed by atoms with E-state index in [1.54, 1.807) is 6.26 Å². The minimum atomic E-state index is -0.652. The first kappa shape index (κ1) is 15.1. The largest absolute Gasteiger partial charge is 0.380 e. The van der Waals surface area contributed by atoms with Crippen LogP contribution in [0.1, 0.15) is 26.7 Å². The molecule has 1 atom stereocenters. The molecule has 0 aliphatic carbocycles. The first-order valence-corrected chi connectivity index (χ1v) is 7.44. The summed E-state index contributed by atoms with van der Waals surface area (Å²) in [6.45, 7) is 7.88. The van der Waals surface area contributed by atoms with Gasteiger partial charge < -0.3 is 10.1 Å². The van der Waals surface area contributed by atoms with E-state index >= 15 is 0 Å². The van der Waals surface area contributed by atoms with Crippen LogP contribution < -0.4 is 5.32 Å². The number of rotatable bonds is 10. The molecular weight excluding hydrogens is 210 g/mol. The number of hydrogen-bond acceptors (Lipinski definition) is 3. The Labute approximate surface area is 96.4 Å². The predicted octanol–water partition coefficient (Wildman–Crippen LogP) is 1.41. The van der Waals surface area contributed by atoms with Gasteiger partial charge in [0.25, 0.3) is 0 Å². The summed E-state index contributed by atoms with van der Waals surface area (Å²) in [5, 5.41) is 3.27. The molecule has 92 valence electrons. The van der Waals surface area contributed by atoms with E-state index in [0.29, 0.717) is 0 Å². The summed E-state index contributed by atoms with van der Waals surface area (Å²) >= 11 is 0. The van der Waals surface area contributed by atoms with E-state index in [1.165, 1.54) is 0 Å². The molecule has 0 spiro atoms. The van der Waals surface area contributed by atoms with Gasteiger partial charge in [-0.1, -0.05) is 13.8 Å². The summed E-state index contributed by atoms with van der Waals surface area (Å²) in [6, 6.07) is 0. The summed E-state index contributed by atoms with van der Waals surface area (Å²) < 4.78 is 16.2. The lowest BCUT2D eigenvalue weighted by molar-refractivity contribution is 0.125. The van der Waals surface area contributed by atoms with E-state index in [-0.39, 0.29) is 0 Å². The van der Waals surface area contributed by atoms with Gasteiger partial charge in [0.15, 0.2) is 0 Å². The van der Waals surface area contributed by atoms with Crippen molar-refractivity contribution in [3.63, 3.8) is 0 Å². The molecule has 0 aliphatic rings. The quantitative estimate of drug-likeness (QED) is 0.582. The third-order valence-corrected chi connectivity index (χ3v) is 2.91. The molecular formula is C11H25NO2S. The third-order valence-electron chi connectivity index (χ3n) is 2.05. The maximum Gasteiger partial charge on any atom is 0.0590 e. The topological polar surface area (TPSA) is 38.3 Å². The van der Waals surface area contributed by atoms with Crippen molar-refractivity contribution in [3.05, 3.63) is 0 Å². The van der Waals surface area contributed by atoms with E-state index in [0.717, 1.165) is 50.8 Å². The Hall–Kier alpha value is 0.0700. The van der Waals surface area contributed by atoms with Crippen LogP contribution in [0, 0.1) is 5.92 Å². The predicted molar refractivity (Wildman–Crippen MR) is 66.7 cm³/mol. The molecule has 4 heteroatoms. The van der Waals surface area contributed by atoms with E-state index < -0.39 is 10.8 Å². The van der Waals surface area contributed by atoms with Gasteiger partial charge >= 0.3 is 0 Å². The van der Waals surface area contributed by atoms with Crippen molar-refractivity contribution >= 4 is 10.8 Å². The third kappa shape index (κ3) is 14.1. The number of ether oxygens (including phenoxy) is 1. The van der Waals surface area contributed by atoms with Crippen molar-refractivity contribution in [2.45, 2.75) is 26.7 Å². The molecule has 1 N–H and O–H groups in total. The highest BCUT2D eigenvalue weighted by Crippen LogP contribution is 1.98. The molecule has 0 aliphatic heterocycles. The zero-order valence-electron chi connectivity index (χ0n) is 10.3. The Bertz CT molecular complexity index is 163. The van der Waals surface area contributed by atoms with Crippen molar-refractivity contribution in [2.75, 3.05) is 38.3 Å². The molecule has 0 aromatic rings. The highest BCUT2D eigenvalue weighted by atomic mass is 32.2. The normalized spacial score (nSPS) is 13.3. The summed E-state index contributed by atoms with van der Waals surface area (Å²) in [5.41, 5.74) is 0. The van der Waals surface area contributed by atoms with Crippen molar-refractivity contribution in [2.24, 2.45) is 5.92 Å². The first-order valence-electron chi connectivity index (χ1n) is 5.71. The van der Waals surface area contributed by atoms with Gasteiger partial charge in [-0.15, -0.1) is 0 Å². The molecule has 0 radical (unpaired) electrons. The summed E-state index contributed by atoms with van der Waals surface area (Å²) in [5.74, 6) is 1.51. The number of nitrogens with one attached hydrogen (secondary N) is 1. The standard InChI is InChI=1S/C11H25NO2S/c1-11(2)5-8-14-9-7-12-6-4-10-15(3)13/h11-12H,4-10H2,1-3H3. The summed E-state index contributed by atoms with van der Waals surface area (Å²) in [7, 11) is -0.652. The van der Waals surface area contributed by atoms with Crippen LogP contribution in [0.15, 0.2) is 0 Å². The minimum absolute atomic E-state index is 0.652. The Morgan fingerprint density at radius 2 is 2.00 bits per heavy atom. The van der Waals surface area contributed by atoms with Crippen LogP contribution in [0.25, 0.3) is 0 Å². The average molecular weight is 235 g/mol. The Kier molecular flexibility index (Phi) is 10.6. The van der Waals surface area contributed by atoms with Crippen molar-refractivity contribution in [1.82, 2.24) is 5.32 Å². The lowest BCUT2D eigenvalue weighted by Gasteiger charge is -2.07. The number of hydrogen-bond donors (Lipinski definition) is 1. The molecule has 0 rings (SSSR count). The van der Waals surface area contributed by atoms with Gasteiger partial charge in [0.2, 0.25) is 0 Å². The Morgan fingerprint density at radius 3 is 2.60 bits per heavy atom. The molecule has 0 bridgehead atoms. The van der Waals surface area contributed by atoms with E-state index in [4.69, 9.17) is 4.74 Å². The van der Waals surface area contributed by atoms with E-state index in [9.17, 15) is 4.21 Å². The van der Waals surface area contributed by atoms with Crippen molar-refractivity contribution in [3.8, 4) is 0 Å². The van der Waals surface area contributed by atoms with Gasteiger partial charge in [0.1, 0.15) is 0 Å². The van der Waals surface area contributed by atoms with Crippen LogP contribution >= 0.6 is 0 Å². The lowest BCUT2D eigenvalue weighted by Crippen LogP contribution is -2.22. The van der Waals surface area contributed by atoms with Crippen LogP contribution in [0.2, 0.25) is 0 Å². The van der Waals surface area contributed by atoms with Gasteiger partial charge in [-0.3, -0.25) is 4.21 Å². The SMILES string of the molecule is CC(C)CCOCCNCCCS(C)=O. The average Bonchev–Trinajstić information content (AvgIpc) is 2.14. The molecule has 1 unspecified atom stereocenters.